The van der Waals surface area contributed by atoms with Crippen LogP contribution in [0.3, 0.4) is 0 Å². The number of carbonyl (C=O) groups is 1. The van der Waals surface area contributed by atoms with Crippen LogP contribution in [-0.4, -0.2) is 38.1 Å². The minimum Gasteiger partial charge on any atom is -0.492 e. The maximum Gasteiger partial charge on any atom is 0.266 e. The Labute approximate surface area is 214 Å². The molecule has 34 heavy (non-hydrogen) atoms. The van der Waals surface area contributed by atoms with Gasteiger partial charge in [-0.15, -0.1) is 0 Å². The van der Waals surface area contributed by atoms with Crippen LogP contribution in [0.5, 0.6) is 5.75 Å². The Morgan fingerprint density at radius 2 is 1.94 bits per heavy atom. The molecule has 176 valence electrons. The highest BCUT2D eigenvalue weighted by Gasteiger charge is 2.32. The SMILES string of the molecule is CCCCN1C(=O)/C(=C/c2cn(-c3ccccc3)nc2-c2ccc(OCCC)c(Cl)c2)SC1=S. The lowest BCUT2D eigenvalue weighted by Crippen LogP contribution is -2.28. The molecule has 1 aromatic heterocycles. The number of thiocarbonyl (C=S) groups is 1. The number of ether oxygens (including phenoxy) is 1. The Morgan fingerprint density at radius 1 is 1.15 bits per heavy atom. The molecule has 5 nitrogen and oxygen atoms in total. The number of hydrogen-bond acceptors (Lipinski definition) is 5. The fourth-order valence-electron chi connectivity index (χ4n) is 3.56. The van der Waals surface area contributed by atoms with Gasteiger partial charge in [-0.25, -0.2) is 4.68 Å². The molecule has 1 aliphatic heterocycles. The van der Waals surface area contributed by atoms with Crippen LogP contribution < -0.4 is 4.74 Å². The van der Waals surface area contributed by atoms with Gasteiger partial charge in [0.15, 0.2) is 0 Å². The van der Waals surface area contributed by atoms with E-state index in [1.54, 1.807) is 4.90 Å². The second-order valence-electron chi connectivity index (χ2n) is 7.89. The van der Waals surface area contributed by atoms with Crippen LogP contribution in [0.1, 0.15) is 38.7 Å². The monoisotopic (exact) mass is 511 g/mol. The van der Waals surface area contributed by atoms with Gasteiger partial charge in [-0.2, -0.15) is 5.10 Å². The molecule has 2 aromatic carbocycles. The molecule has 0 saturated carbocycles. The lowest BCUT2D eigenvalue weighted by Gasteiger charge is -2.13. The maximum atomic E-state index is 13.0. The number of para-hydroxylation sites is 1. The van der Waals surface area contributed by atoms with Crippen molar-refractivity contribution in [2.45, 2.75) is 33.1 Å². The standard InChI is InChI=1S/C26H26ClN3O2S2/c1-3-5-13-29-25(31)23(34-26(29)33)16-19-17-30(20-9-7-6-8-10-20)28-24(19)18-11-12-22(21(27)15-18)32-14-4-2/h6-12,15-17H,3-5,13-14H2,1-2H3/b23-16-. The van der Waals surface area contributed by atoms with Gasteiger partial charge >= 0.3 is 0 Å². The van der Waals surface area contributed by atoms with Crippen molar-refractivity contribution in [2.75, 3.05) is 13.2 Å². The topological polar surface area (TPSA) is 47.4 Å². The molecular formula is C26H26ClN3O2S2. The molecule has 0 N–H and O–H groups in total. The summed E-state index contributed by atoms with van der Waals surface area (Å²) in [6, 6.07) is 15.5. The van der Waals surface area contributed by atoms with E-state index in [9.17, 15) is 4.79 Å². The number of amides is 1. The number of benzene rings is 2. The van der Waals surface area contributed by atoms with Crippen molar-refractivity contribution in [1.29, 1.82) is 0 Å². The van der Waals surface area contributed by atoms with E-state index >= 15 is 0 Å². The van der Waals surface area contributed by atoms with Gasteiger partial charge in [0.2, 0.25) is 0 Å². The van der Waals surface area contributed by atoms with Crippen molar-refractivity contribution in [3.8, 4) is 22.7 Å². The molecule has 0 unspecified atom stereocenters. The molecule has 0 spiro atoms. The summed E-state index contributed by atoms with van der Waals surface area (Å²) in [7, 11) is 0. The maximum absolute atomic E-state index is 13.0. The van der Waals surface area contributed by atoms with Gasteiger partial charge in [0, 0.05) is 23.9 Å². The van der Waals surface area contributed by atoms with Crippen LogP contribution in [0.25, 0.3) is 23.0 Å². The first-order chi connectivity index (χ1) is 16.5. The molecule has 3 aromatic rings. The van der Waals surface area contributed by atoms with Crippen molar-refractivity contribution in [1.82, 2.24) is 14.7 Å². The summed E-state index contributed by atoms with van der Waals surface area (Å²) in [6.07, 6.45) is 6.63. The van der Waals surface area contributed by atoms with E-state index < -0.39 is 0 Å². The lowest BCUT2D eigenvalue weighted by molar-refractivity contribution is -0.122. The first-order valence-corrected chi connectivity index (χ1v) is 12.9. The molecule has 0 aliphatic carbocycles. The Morgan fingerprint density at radius 3 is 2.65 bits per heavy atom. The van der Waals surface area contributed by atoms with Gasteiger partial charge in [0.1, 0.15) is 15.8 Å². The normalized spacial score (nSPS) is 14.9. The molecule has 2 heterocycles. The van der Waals surface area contributed by atoms with E-state index in [0.717, 1.165) is 41.8 Å². The van der Waals surface area contributed by atoms with Crippen molar-refractivity contribution in [2.24, 2.45) is 0 Å². The van der Waals surface area contributed by atoms with Crippen molar-refractivity contribution in [3.05, 3.63) is 70.2 Å². The number of thioether (sulfide) groups is 1. The fraction of sp³-hybridized carbons (Fsp3) is 0.269. The average Bonchev–Trinajstić information content (AvgIpc) is 3.38. The summed E-state index contributed by atoms with van der Waals surface area (Å²) < 4.78 is 8.13. The lowest BCUT2D eigenvalue weighted by atomic mass is 10.1. The zero-order valence-electron chi connectivity index (χ0n) is 19.2. The minimum atomic E-state index is -0.0526. The van der Waals surface area contributed by atoms with E-state index in [1.165, 1.54) is 11.8 Å². The summed E-state index contributed by atoms with van der Waals surface area (Å²) >= 11 is 13.3. The van der Waals surface area contributed by atoms with Gasteiger partial charge in [0.25, 0.3) is 5.91 Å². The van der Waals surface area contributed by atoms with Crippen molar-refractivity contribution in [3.63, 3.8) is 0 Å². The van der Waals surface area contributed by atoms with E-state index in [-0.39, 0.29) is 5.91 Å². The highest BCUT2D eigenvalue weighted by molar-refractivity contribution is 8.26. The number of rotatable bonds is 9. The minimum absolute atomic E-state index is 0.0526. The first-order valence-electron chi connectivity index (χ1n) is 11.3. The molecule has 4 rings (SSSR count). The van der Waals surface area contributed by atoms with Gasteiger partial charge in [-0.3, -0.25) is 9.69 Å². The number of carbonyl (C=O) groups excluding carboxylic acids is 1. The third kappa shape index (κ3) is 5.37. The van der Waals surface area contributed by atoms with E-state index in [4.69, 9.17) is 33.7 Å². The zero-order chi connectivity index (χ0) is 24.1. The van der Waals surface area contributed by atoms with Gasteiger partial charge in [-0.1, -0.05) is 74.0 Å². The number of hydrogen-bond donors (Lipinski definition) is 0. The summed E-state index contributed by atoms with van der Waals surface area (Å²) in [6.45, 7) is 5.40. The third-order valence-electron chi connectivity index (χ3n) is 5.33. The molecule has 0 radical (unpaired) electrons. The van der Waals surface area contributed by atoms with E-state index in [2.05, 4.69) is 13.8 Å². The highest BCUT2D eigenvalue weighted by atomic mass is 35.5. The molecule has 1 saturated heterocycles. The Hall–Kier alpha value is -2.61. The number of halogens is 1. The third-order valence-corrected chi connectivity index (χ3v) is 7.00. The van der Waals surface area contributed by atoms with Crippen LogP contribution in [0.4, 0.5) is 0 Å². The van der Waals surface area contributed by atoms with Crippen LogP contribution >= 0.6 is 35.6 Å². The first kappa shape index (κ1) is 24.5. The quantitative estimate of drug-likeness (QED) is 0.229. The summed E-state index contributed by atoms with van der Waals surface area (Å²) in [5, 5.41) is 5.37. The number of aromatic nitrogens is 2. The summed E-state index contributed by atoms with van der Waals surface area (Å²) in [5.41, 5.74) is 3.31. The molecule has 8 heteroatoms. The van der Waals surface area contributed by atoms with Gasteiger partial charge < -0.3 is 4.74 Å². The van der Waals surface area contributed by atoms with E-state index in [1.807, 2.05) is 65.5 Å². The fourth-order valence-corrected chi connectivity index (χ4v) is 5.09. The van der Waals surface area contributed by atoms with Gasteiger partial charge in [-0.05, 0) is 49.2 Å². The van der Waals surface area contributed by atoms with Crippen molar-refractivity contribution >= 4 is 51.9 Å². The van der Waals surface area contributed by atoms with Crippen LogP contribution in [0, 0.1) is 0 Å². The van der Waals surface area contributed by atoms with Crippen LogP contribution in [0.15, 0.2) is 59.6 Å². The van der Waals surface area contributed by atoms with Crippen molar-refractivity contribution < 1.29 is 9.53 Å². The smallest absolute Gasteiger partial charge is 0.266 e. The summed E-state index contributed by atoms with van der Waals surface area (Å²) in [4.78, 5) is 15.3. The van der Waals surface area contributed by atoms with Crippen LogP contribution in [-0.2, 0) is 4.79 Å². The molecule has 0 atom stereocenters. The molecule has 1 aliphatic rings. The van der Waals surface area contributed by atoms with Gasteiger partial charge in [0.05, 0.1) is 22.2 Å². The largest absolute Gasteiger partial charge is 0.492 e. The molecular weight excluding hydrogens is 486 g/mol. The molecule has 0 bridgehead atoms. The Kier molecular flexibility index (Phi) is 8.08. The predicted molar refractivity (Wildman–Crippen MR) is 145 cm³/mol. The average molecular weight is 512 g/mol. The summed E-state index contributed by atoms with van der Waals surface area (Å²) in [5.74, 6) is 0.594. The number of unbranched alkanes of at least 4 members (excludes halogenated alkanes) is 1. The highest BCUT2D eigenvalue weighted by Crippen LogP contribution is 2.36. The zero-order valence-corrected chi connectivity index (χ0v) is 21.6. The van der Waals surface area contributed by atoms with Crippen LogP contribution in [0.2, 0.25) is 5.02 Å². The van der Waals surface area contributed by atoms with E-state index in [0.29, 0.717) is 33.1 Å². The Bertz CT molecular complexity index is 1220. The second-order valence-corrected chi connectivity index (χ2v) is 9.98. The Balaban J connectivity index is 1.74. The molecule has 1 fully saturated rings. The number of nitrogens with zero attached hydrogens (tertiary/aromatic N) is 3. The molecule has 1 amide bonds. The second kappa shape index (κ2) is 11.2. The predicted octanol–water partition coefficient (Wildman–Crippen LogP) is 6.98.